The van der Waals surface area contributed by atoms with Crippen molar-refractivity contribution in [3.63, 3.8) is 0 Å². The van der Waals surface area contributed by atoms with E-state index >= 15 is 0 Å². The Bertz CT molecular complexity index is 1030. The van der Waals surface area contributed by atoms with Crippen molar-refractivity contribution in [1.82, 2.24) is 24.5 Å². The van der Waals surface area contributed by atoms with Crippen LogP contribution >= 0.6 is 11.6 Å². The summed E-state index contributed by atoms with van der Waals surface area (Å²) in [6.07, 6.45) is 5.22. The maximum absolute atomic E-state index is 6.57. The molecule has 4 aromatic rings. The van der Waals surface area contributed by atoms with E-state index in [1.165, 1.54) is 6.33 Å². The number of H-pyrrole nitrogens is 1. The van der Waals surface area contributed by atoms with Crippen LogP contribution in [0, 0.1) is 0 Å². The van der Waals surface area contributed by atoms with Crippen molar-refractivity contribution in [1.29, 1.82) is 0 Å². The van der Waals surface area contributed by atoms with E-state index in [4.69, 9.17) is 17.3 Å². The number of aromatic amines is 1. The van der Waals surface area contributed by atoms with Gasteiger partial charge in [0, 0.05) is 29.4 Å². The summed E-state index contributed by atoms with van der Waals surface area (Å²) in [6.45, 7) is 4.19. The van der Waals surface area contributed by atoms with Gasteiger partial charge in [-0.2, -0.15) is 0 Å². The minimum atomic E-state index is 0.238. The number of nitrogens with two attached hydrogens (primary N) is 1. The molecule has 0 radical (unpaired) electrons. The second kappa shape index (κ2) is 4.96. The van der Waals surface area contributed by atoms with Crippen molar-refractivity contribution in [3.05, 3.63) is 35.9 Å². The van der Waals surface area contributed by atoms with Crippen molar-refractivity contribution < 1.29 is 0 Å². The van der Waals surface area contributed by atoms with Gasteiger partial charge in [0.15, 0.2) is 0 Å². The monoisotopic (exact) mass is 326 g/mol. The number of hydrogen-bond donors (Lipinski definition) is 2. The molecule has 4 rings (SSSR count). The predicted molar refractivity (Wildman–Crippen MR) is 92.4 cm³/mol. The van der Waals surface area contributed by atoms with Crippen molar-refractivity contribution in [2.75, 3.05) is 5.73 Å². The molecular formula is C16H15ClN6. The first-order valence-electron chi connectivity index (χ1n) is 7.31. The quantitative estimate of drug-likeness (QED) is 0.587. The minimum absolute atomic E-state index is 0.238. The van der Waals surface area contributed by atoms with E-state index in [0.29, 0.717) is 10.8 Å². The smallest absolute Gasteiger partial charge is 0.146 e. The highest BCUT2D eigenvalue weighted by molar-refractivity contribution is 6.38. The minimum Gasteiger partial charge on any atom is -0.383 e. The number of aromatic nitrogens is 5. The molecule has 0 saturated carbocycles. The molecule has 7 heteroatoms. The molecule has 4 heterocycles. The Kier molecular flexibility index (Phi) is 3.02. The zero-order chi connectivity index (χ0) is 16.1. The van der Waals surface area contributed by atoms with Gasteiger partial charge in [0.25, 0.3) is 0 Å². The molecule has 0 aliphatic heterocycles. The van der Waals surface area contributed by atoms with E-state index in [9.17, 15) is 0 Å². The molecule has 23 heavy (non-hydrogen) atoms. The molecule has 6 nitrogen and oxygen atoms in total. The number of halogens is 1. The predicted octanol–water partition coefficient (Wildman–Crippen LogP) is 3.79. The molecular weight excluding hydrogens is 312 g/mol. The van der Waals surface area contributed by atoms with Gasteiger partial charge in [-0.25, -0.2) is 15.0 Å². The molecule has 0 atom stereocenters. The Hall–Kier alpha value is -2.60. The molecule has 0 bridgehead atoms. The highest BCUT2D eigenvalue weighted by atomic mass is 35.5. The van der Waals surface area contributed by atoms with E-state index in [0.717, 1.165) is 33.3 Å². The maximum Gasteiger partial charge on any atom is 0.146 e. The first-order valence-corrected chi connectivity index (χ1v) is 7.69. The molecule has 0 aliphatic carbocycles. The first kappa shape index (κ1) is 14.0. The Morgan fingerprint density at radius 3 is 2.83 bits per heavy atom. The summed E-state index contributed by atoms with van der Waals surface area (Å²) in [5.74, 6) is 0.437. The van der Waals surface area contributed by atoms with E-state index in [1.54, 1.807) is 6.20 Å². The number of pyridine rings is 1. The van der Waals surface area contributed by atoms with Crippen molar-refractivity contribution >= 4 is 39.5 Å². The Morgan fingerprint density at radius 2 is 2.09 bits per heavy atom. The van der Waals surface area contributed by atoms with E-state index < -0.39 is 0 Å². The maximum atomic E-state index is 6.57. The third-order valence-corrected chi connectivity index (χ3v) is 4.36. The lowest BCUT2D eigenvalue weighted by atomic mass is 10.1. The lowest BCUT2D eigenvalue weighted by molar-refractivity contribution is 0.618. The molecule has 3 N–H and O–H groups in total. The van der Waals surface area contributed by atoms with Crippen molar-refractivity contribution in [2.45, 2.75) is 19.9 Å². The van der Waals surface area contributed by atoms with E-state index in [2.05, 4.69) is 38.4 Å². The average molecular weight is 327 g/mol. The Balaban J connectivity index is 2.10. The summed E-state index contributed by atoms with van der Waals surface area (Å²) in [5, 5.41) is 2.30. The summed E-state index contributed by atoms with van der Waals surface area (Å²) in [6, 6.07) is 4.04. The molecule has 0 fully saturated rings. The fourth-order valence-electron chi connectivity index (χ4n) is 2.87. The van der Waals surface area contributed by atoms with Gasteiger partial charge in [-0.05, 0) is 26.0 Å². The van der Waals surface area contributed by atoms with Gasteiger partial charge < -0.3 is 15.3 Å². The van der Waals surface area contributed by atoms with Gasteiger partial charge >= 0.3 is 0 Å². The number of nitrogens with one attached hydrogen (secondary N) is 1. The topological polar surface area (TPSA) is 85.4 Å². The average Bonchev–Trinajstić information content (AvgIpc) is 3.07. The van der Waals surface area contributed by atoms with Crippen LogP contribution in [0.15, 0.2) is 30.9 Å². The van der Waals surface area contributed by atoms with Crippen LogP contribution in [0.2, 0.25) is 5.02 Å². The lowest BCUT2D eigenvalue weighted by Gasteiger charge is -2.07. The van der Waals surface area contributed by atoms with Crippen LogP contribution in [0.4, 0.5) is 5.82 Å². The van der Waals surface area contributed by atoms with Gasteiger partial charge in [0.1, 0.15) is 23.4 Å². The summed E-state index contributed by atoms with van der Waals surface area (Å²) in [4.78, 5) is 16.1. The standard InChI is InChI=1S/C16H15ClN6/c1-8(2)23-6-10(11-14(18)20-7-21-16(11)23)13-12(17)9-4-3-5-19-15(9)22-13/h3-8H,1-2H3,(H,19,22)(H2,18,20,21). The molecule has 116 valence electrons. The highest BCUT2D eigenvalue weighted by Crippen LogP contribution is 2.39. The van der Waals surface area contributed by atoms with Crippen molar-refractivity contribution in [3.8, 4) is 11.3 Å². The largest absolute Gasteiger partial charge is 0.383 e. The van der Waals surface area contributed by atoms with Crippen LogP contribution in [-0.2, 0) is 0 Å². The lowest BCUT2D eigenvalue weighted by Crippen LogP contribution is -2.00. The zero-order valence-corrected chi connectivity index (χ0v) is 13.5. The van der Waals surface area contributed by atoms with Gasteiger partial charge in [-0.3, -0.25) is 0 Å². The first-order chi connectivity index (χ1) is 11.1. The van der Waals surface area contributed by atoms with Gasteiger partial charge in [0.2, 0.25) is 0 Å². The molecule has 0 aromatic carbocycles. The number of nitrogen functional groups attached to an aromatic ring is 1. The summed E-state index contributed by atoms with van der Waals surface area (Å²) >= 11 is 6.57. The fraction of sp³-hybridized carbons (Fsp3) is 0.188. The number of nitrogens with zero attached hydrogens (tertiary/aromatic N) is 4. The number of rotatable bonds is 2. The highest BCUT2D eigenvalue weighted by Gasteiger charge is 2.20. The second-order valence-corrected chi connectivity index (χ2v) is 6.09. The molecule has 0 aliphatic rings. The normalized spacial score (nSPS) is 11.8. The molecule has 4 aromatic heterocycles. The SMILES string of the molecule is CC(C)n1cc(-c2[nH]c3ncccc3c2Cl)c2c(N)ncnc21. The van der Waals surface area contributed by atoms with Crippen LogP contribution < -0.4 is 5.73 Å². The Labute approximate surface area is 137 Å². The van der Waals surface area contributed by atoms with Gasteiger partial charge in [-0.1, -0.05) is 11.6 Å². The van der Waals surface area contributed by atoms with Crippen molar-refractivity contribution in [2.24, 2.45) is 0 Å². The van der Waals surface area contributed by atoms with E-state index in [1.807, 2.05) is 18.3 Å². The third kappa shape index (κ3) is 1.98. The van der Waals surface area contributed by atoms with Crippen LogP contribution in [0.25, 0.3) is 33.3 Å². The van der Waals surface area contributed by atoms with Crippen LogP contribution in [-0.4, -0.2) is 24.5 Å². The van der Waals surface area contributed by atoms with Crippen LogP contribution in [0.5, 0.6) is 0 Å². The molecule has 0 unspecified atom stereocenters. The third-order valence-electron chi connectivity index (χ3n) is 3.97. The second-order valence-electron chi connectivity index (χ2n) is 5.71. The molecule has 0 amide bonds. The van der Waals surface area contributed by atoms with Crippen LogP contribution in [0.1, 0.15) is 19.9 Å². The van der Waals surface area contributed by atoms with Gasteiger partial charge in [0.05, 0.1) is 16.1 Å². The Morgan fingerprint density at radius 1 is 1.26 bits per heavy atom. The molecule has 0 saturated heterocycles. The number of anilines is 1. The molecule has 0 spiro atoms. The zero-order valence-electron chi connectivity index (χ0n) is 12.7. The number of fused-ring (bicyclic) bond motifs is 2. The number of hydrogen-bond acceptors (Lipinski definition) is 4. The summed E-state index contributed by atoms with van der Waals surface area (Å²) < 4.78 is 2.07. The van der Waals surface area contributed by atoms with Gasteiger partial charge in [-0.15, -0.1) is 0 Å². The van der Waals surface area contributed by atoms with E-state index in [-0.39, 0.29) is 6.04 Å². The summed E-state index contributed by atoms with van der Waals surface area (Å²) in [5.41, 5.74) is 9.32. The van der Waals surface area contributed by atoms with Crippen LogP contribution in [0.3, 0.4) is 0 Å². The fourth-order valence-corrected chi connectivity index (χ4v) is 3.17. The summed E-state index contributed by atoms with van der Waals surface area (Å²) in [7, 11) is 0.